The maximum Gasteiger partial charge on any atom is 0.307 e. The topological polar surface area (TPSA) is 159 Å². The maximum absolute atomic E-state index is 13.4. The first-order chi connectivity index (χ1) is 24.8. The molecule has 11 heteroatoms. The Kier molecular flexibility index (Phi) is 18.3. The number of carbonyl (C=O) groups excluding carboxylic acids is 7. The summed E-state index contributed by atoms with van der Waals surface area (Å²) in [7, 11) is 0. The normalized spacial score (nSPS) is 12.6. The van der Waals surface area contributed by atoms with Crippen molar-refractivity contribution in [2.24, 2.45) is 11.8 Å². The van der Waals surface area contributed by atoms with Crippen LogP contribution < -0.4 is 5.32 Å². The third kappa shape index (κ3) is 19.7. The third-order valence-corrected chi connectivity index (χ3v) is 8.11. The highest BCUT2D eigenvalue weighted by Gasteiger charge is 2.29. The standard InChI is InChI=1S/C42H57NO10/c1-29(44)32(18-12-9-13-20-37(47)51-28-31-15-10-8-11-16-31)24-35(45)27-43-40(50)34(26-39(49)53-42(5,6)7)25-36(46)33-19-14-17-30(23-33)21-22-38(48)52-41(2,3)4/h8,10-11,14-17,19,23,32,34H,9,12-13,18,20-22,24-28H2,1-7H3,(H,43,50)/t32-,34+/m1/s1. The lowest BCUT2D eigenvalue weighted by atomic mass is 9.91. The number of unbranched alkanes of at least 4 members (excludes halogenated alkanes) is 2. The minimum absolute atomic E-state index is 0.0690. The predicted octanol–water partition coefficient (Wildman–Crippen LogP) is 6.86. The van der Waals surface area contributed by atoms with Gasteiger partial charge in [0.05, 0.1) is 18.9 Å². The molecule has 0 saturated heterocycles. The van der Waals surface area contributed by atoms with E-state index in [1.54, 1.807) is 65.8 Å². The van der Waals surface area contributed by atoms with Gasteiger partial charge in [0.1, 0.15) is 23.6 Å². The fraction of sp³-hybridized carbons (Fsp3) is 0.548. The van der Waals surface area contributed by atoms with E-state index in [0.29, 0.717) is 37.7 Å². The van der Waals surface area contributed by atoms with Crippen LogP contribution in [0.4, 0.5) is 0 Å². The minimum atomic E-state index is -1.11. The summed E-state index contributed by atoms with van der Waals surface area (Å²) >= 11 is 0. The molecule has 2 aromatic rings. The van der Waals surface area contributed by atoms with Gasteiger partial charge < -0.3 is 19.5 Å². The summed E-state index contributed by atoms with van der Waals surface area (Å²) in [6, 6.07) is 16.1. The second-order valence-electron chi connectivity index (χ2n) is 15.4. The maximum atomic E-state index is 13.4. The van der Waals surface area contributed by atoms with Crippen LogP contribution in [0.15, 0.2) is 54.6 Å². The minimum Gasteiger partial charge on any atom is -0.461 e. The molecule has 2 rings (SSSR count). The molecule has 0 saturated carbocycles. The van der Waals surface area contributed by atoms with E-state index < -0.39 is 34.9 Å². The second-order valence-corrected chi connectivity index (χ2v) is 15.4. The number of carbonyl (C=O) groups is 7. The Morgan fingerprint density at radius 3 is 1.94 bits per heavy atom. The Morgan fingerprint density at radius 1 is 0.660 bits per heavy atom. The fourth-order valence-electron chi connectivity index (χ4n) is 5.50. The highest BCUT2D eigenvalue weighted by molar-refractivity contribution is 6.00. The number of nitrogens with one attached hydrogen (secondary N) is 1. The molecule has 0 fully saturated rings. The second kappa shape index (κ2) is 21.8. The van der Waals surface area contributed by atoms with Crippen molar-refractivity contribution in [2.75, 3.05) is 6.54 Å². The van der Waals surface area contributed by atoms with Crippen molar-refractivity contribution in [1.82, 2.24) is 5.32 Å². The summed E-state index contributed by atoms with van der Waals surface area (Å²) in [5, 5.41) is 2.56. The number of amides is 1. The first-order valence-corrected chi connectivity index (χ1v) is 18.4. The van der Waals surface area contributed by atoms with Crippen molar-refractivity contribution in [3.63, 3.8) is 0 Å². The lowest BCUT2D eigenvalue weighted by Crippen LogP contribution is -2.38. The number of aryl methyl sites for hydroxylation is 1. The lowest BCUT2D eigenvalue weighted by molar-refractivity contribution is -0.157. The van der Waals surface area contributed by atoms with Crippen LogP contribution in [0, 0.1) is 11.8 Å². The number of ether oxygens (including phenoxy) is 3. The smallest absolute Gasteiger partial charge is 0.307 e. The van der Waals surface area contributed by atoms with Gasteiger partial charge in [-0.2, -0.15) is 0 Å². The van der Waals surface area contributed by atoms with Gasteiger partial charge in [-0.25, -0.2) is 0 Å². The molecular weight excluding hydrogens is 678 g/mol. The highest BCUT2D eigenvalue weighted by Crippen LogP contribution is 2.20. The summed E-state index contributed by atoms with van der Waals surface area (Å²) in [6.07, 6.45) is 2.35. The molecule has 0 unspecified atom stereocenters. The fourth-order valence-corrected chi connectivity index (χ4v) is 5.50. The zero-order valence-electron chi connectivity index (χ0n) is 32.4. The van der Waals surface area contributed by atoms with Gasteiger partial charge >= 0.3 is 17.9 Å². The highest BCUT2D eigenvalue weighted by atomic mass is 16.6. The van der Waals surface area contributed by atoms with Crippen LogP contribution in [0.5, 0.6) is 0 Å². The molecule has 0 heterocycles. The molecule has 290 valence electrons. The van der Waals surface area contributed by atoms with E-state index in [0.717, 1.165) is 11.1 Å². The number of esters is 3. The van der Waals surface area contributed by atoms with Gasteiger partial charge in [-0.15, -0.1) is 0 Å². The molecule has 2 atom stereocenters. The van der Waals surface area contributed by atoms with Crippen LogP contribution in [0.1, 0.15) is 128 Å². The molecule has 0 aromatic heterocycles. The van der Waals surface area contributed by atoms with Crippen molar-refractivity contribution in [2.45, 2.75) is 130 Å². The van der Waals surface area contributed by atoms with Crippen LogP contribution in [-0.2, 0) is 56.0 Å². The lowest BCUT2D eigenvalue weighted by Gasteiger charge is -2.22. The van der Waals surface area contributed by atoms with E-state index in [1.165, 1.54) is 6.92 Å². The van der Waals surface area contributed by atoms with Gasteiger partial charge in [-0.1, -0.05) is 61.4 Å². The Bertz CT molecular complexity index is 1550. The monoisotopic (exact) mass is 735 g/mol. The molecule has 0 aliphatic carbocycles. The molecule has 2 aromatic carbocycles. The van der Waals surface area contributed by atoms with Gasteiger partial charge in [-0.3, -0.25) is 33.6 Å². The van der Waals surface area contributed by atoms with Crippen LogP contribution in [0.2, 0.25) is 0 Å². The molecule has 0 aliphatic heterocycles. The largest absolute Gasteiger partial charge is 0.461 e. The Labute approximate surface area is 313 Å². The molecule has 1 amide bonds. The Morgan fingerprint density at radius 2 is 1.30 bits per heavy atom. The van der Waals surface area contributed by atoms with E-state index in [9.17, 15) is 33.6 Å². The summed E-state index contributed by atoms with van der Waals surface area (Å²) in [5.41, 5.74) is 0.545. The summed E-state index contributed by atoms with van der Waals surface area (Å²) in [5.74, 6) is -4.51. The number of hydrogen-bond acceptors (Lipinski definition) is 10. The van der Waals surface area contributed by atoms with Crippen molar-refractivity contribution in [3.05, 3.63) is 71.3 Å². The first-order valence-electron chi connectivity index (χ1n) is 18.4. The van der Waals surface area contributed by atoms with Crippen LogP contribution in [-0.4, -0.2) is 58.9 Å². The molecule has 0 bridgehead atoms. The van der Waals surface area contributed by atoms with Crippen LogP contribution >= 0.6 is 0 Å². The summed E-state index contributed by atoms with van der Waals surface area (Å²) < 4.78 is 16.1. The van der Waals surface area contributed by atoms with Crippen LogP contribution in [0.25, 0.3) is 0 Å². The third-order valence-electron chi connectivity index (χ3n) is 8.11. The molecule has 0 radical (unpaired) electrons. The summed E-state index contributed by atoms with van der Waals surface area (Å²) in [4.78, 5) is 89.0. The molecule has 1 N–H and O–H groups in total. The zero-order chi connectivity index (χ0) is 39.6. The van der Waals surface area contributed by atoms with Gasteiger partial charge in [0, 0.05) is 37.2 Å². The van der Waals surface area contributed by atoms with E-state index in [-0.39, 0.29) is 74.5 Å². The van der Waals surface area contributed by atoms with Gasteiger partial charge in [-0.05, 0) is 84.9 Å². The average molecular weight is 736 g/mol. The summed E-state index contributed by atoms with van der Waals surface area (Å²) in [6.45, 7) is 11.7. The van der Waals surface area contributed by atoms with E-state index in [2.05, 4.69) is 5.32 Å². The number of hydrogen-bond donors (Lipinski definition) is 1. The first kappa shape index (κ1) is 44.5. The SMILES string of the molecule is CC(=O)[C@H](CCCCCC(=O)OCc1ccccc1)CC(=O)CNC(=O)[C@H](CC(=O)OC(C)(C)C)CC(=O)c1cccc(CCC(=O)OC(C)(C)C)c1. The Balaban J connectivity index is 1.93. The molecule has 0 spiro atoms. The van der Waals surface area contributed by atoms with Crippen molar-refractivity contribution >= 4 is 41.2 Å². The number of ketones is 3. The number of Topliss-reactive ketones (excluding diaryl/α,β-unsaturated/α-hetero) is 3. The van der Waals surface area contributed by atoms with Gasteiger partial charge in [0.15, 0.2) is 11.6 Å². The number of rotatable bonds is 22. The van der Waals surface area contributed by atoms with Gasteiger partial charge in [0.25, 0.3) is 0 Å². The van der Waals surface area contributed by atoms with Crippen molar-refractivity contribution < 1.29 is 47.8 Å². The molecule has 11 nitrogen and oxygen atoms in total. The zero-order valence-corrected chi connectivity index (χ0v) is 32.4. The average Bonchev–Trinajstić information content (AvgIpc) is 3.06. The van der Waals surface area contributed by atoms with Crippen LogP contribution in [0.3, 0.4) is 0 Å². The Hall–Kier alpha value is -4.67. The molecule has 0 aliphatic rings. The predicted molar refractivity (Wildman–Crippen MR) is 200 cm³/mol. The quantitative estimate of drug-likeness (QED) is 0.0586. The number of benzene rings is 2. The van der Waals surface area contributed by atoms with E-state index in [1.807, 2.05) is 30.3 Å². The molecule has 53 heavy (non-hydrogen) atoms. The molecular formula is C42H57NO10. The van der Waals surface area contributed by atoms with Crippen molar-refractivity contribution in [3.8, 4) is 0 Å². The van der Waals surface area contributed by atoms with E-state index >= 15 is 0 Å². The van der Waals surface area contributed by atoms with E-state index in [4.69, 9.17) is 14.2 Å². The van der Waals surface area contributed by atoms with Gasteiger partial charge in [0.2, 0.25) is 5.91 Å². The van der Waals surface area contributed by atoms with Crippen molar-refractivity contribution in [1.29, 1.82) is 0 Å².